The van der Waals surface area contributed by atoms with Crippen molar-refractivity contribution in [2.45, 2.75) is 6.92 Å². The van der Waals surface area contributed by atoms with Crippen molar-refractivity contribution in [3.8, 4) is 6.07 Å². The van der Waals surface area contributed by atoms with E-state index in [1.165, 1.54) is 17.4 Å². The van der Waals surface area contributed by atoms with Gasteiger partial charge in [-0.2, -0.15) is 5.26 Å². The van der Waals surface area contributed by atoms with E-state index in [0.717, 1.165) is 0 Å². The van der Waals surface area contributed by atoms with Crippen LogP contribution < -0.4 is 0 Å². The summed E-state index contributed by atoms with van der Waals surface area (Å²) < 4.78 is 4.75. The lowest BCUT2D eigenvalue weighted by Crippen LogP contribution is -2.01. The van der Waals surface area contributed by atoms with Crippen LogP contribution in [0, 0.1) is 11.3 Å². The van der Waals surface area contributed by atoms with Gasteiger partial charge in [0, 0.05) is 5.38 Å². The number of thiophene rings is 1. The van der Waals surface area contributed by atoms with Crippen molar-refractivity contribution in [3.05, 3.63) is 21.9 Å². The molecule has 62 valence electrons. The van der Waals surface area contributed by atoms with E-state index in [2.05, 4.69) is 0 Å². The van der Waals surface area contributed by atoms with Crippen molar-refractivity contribution in [2.24, 2.45) is 0 Å². The van der Waals surface area contributed by atoms with Gasteiger partial charge in [0.2, 0.25) is 0 Å². The molecule has 0 N–H and O–H groups in total. The van der Waals surface area contributed by atoms with Crippen molar-refractivity contribution in [1.29, 1.82) is 5.26 Å². The van der Waals surface area contributed by atoms with Gasteiger partial charge in [0.1, 0.15) is 10.9 Å². The van der Waals surface area contributed by atoms with E-state index >= 15 is 0 Å². The predicted octanol–water partition coefficient (Wildman–Crippen LogP) is 1.80. The second kappa shape index (κ2) is 3.88. The zero-order chi connectivity index (χ0) is 8.97. The molecule has 4 heteroatoms. The fourth-order valence-corrected chi connectivity index (χ4v) is 1.43. The zero-order valence-corrected chi connectivity index (χ0v) is 7.35. The molecule has 1 heterocycles. The Balaban J connectivity index is 2.76. The minimum atomic E-state index is -0.357. The first-order valence-electron chi connectivity index (χ1n) is 3.43. The Hall–Kier alpha value is -1.34. The van der Waals surface area contributed by atoms with E-state index in [0.29, 0.717) is 17.0 Å². The summed E-state index contributed by atoms with van der Waals surface area (Å²) in [6, 6.07) is 3.48. The normalized spacial score (nSPS) is 9.00. The van der Waals surface area contributed by atoms with Gasteiger partial charge in [-0.1, -0.05) is 0 Å². The second-order valence-corrected chi connectivity index (χ2v) is 2.94. The number of nitrogens with zero attached hydrogens (tertiary/aromatic N) is 1. The van der Waals surface area contributed by atoms with E-state index in [9.17, 15) is 4.79 Å². The van der Waals surface area contributed by atoms with Crippen molar-refractivity contribution >= 4 is 17.3 Å². The first-order valence-corrected chi connectivity index (χ1v) is 4.31. The first kappa shape index (κ1) is 8.75. The summed E-state index contributed by atoms with van der Waals surface area (Å²) in [5.41, 5.74) is 0.503. The molecule has 0 fully saturated rings. The third-order valence-electron chi connectivity index (χ3n) is 1.21. The quantitative estimate of drug-likeness (QED) is 0.653. The molecule has 0 aromatic carbocycles. The largest absolute Gasteiger partial charge is 0.462 e. The monoisotopic (exact) mass is 181 g/mol. The maximum atomic E-state index is 11.1. The molecule has 0 unspecified atom stereocenters. The predicted molar refractivity (Wildman–Crippen MR) is 45.0 cm³/mol. The van der Waals surface area contributed by atoms with E-state index in [1.54, 1.807) is 12.3 Å². The van der Waals surface area contributed by atoms with Crippen LogP contribution in [-0.4, -0.2) is 12.6 Å². The van der Waals surface area contributed by atoms with Gasteiger partial charge >= 0.3 is 5.97 Å². The van der Waals surface area contributed by atoms with Gasteiger partial charge in [0.25, 0.3) is 0 Å². The molecule has 12 heavy (non-hydrogen) atoms. The molecule has 0 saturated carbocycles. The number of nitriles is 1. The van der Waals surface area contributed by atoms with Gasteiger partial charge in [-0.25, -0.2) is 4.79 Å². The molecule has 1 aromatic heterocycles. The van der Waals surface area contributed by atoms with E-state index in [-0.39, 0.29) is 5.97 Å². The highest BCUT2D eigenvalue weighted by molar-refractivity contribution is 7.12. The minimum Gasteiger partial charge on any atom is -0.462 e. The molecule has 0 saturated heterocycles. The van der Waals surface area contributed by atoms with Crippen molar-refractivity contribution in [2.75, 3.05) is 6.61 Å². The Morgan fingerprint density at radius 2 is 2.58 bits per heavy atom. The maximum absolute atomic E-state index is 11.1. The average Bonchev–Trinajstić information content (AvgIpc) is 2.52. The molecule has 0 radical (unpaired) electrons. The smallest absolute Gasteiger partial charge is 0.348 e. The molecule has 0 aliphatic rings. The summed E-state index contributed by atoms with van der Waals surface area (Å²) in [6.45, 7) is 2.11. The lowest BCUT2D eigenvalue weighted by Gasteiger charge is -1.95. The molecule has 1 rings (SSSR count). The van der Waals surface area contributed by atoms with Crippen LogP contribution in [0.1, 0.15) is 22.2 Å². The maximum Gasteiger partial charge on any atom is 0.348 e. The number of rotatable bonds is 2. The highest BCUT2D eigenvalue weighted by Gasteiger charge is 2.08. The van der Waals surface area contributed by atoms with Gasteiger partial charge < -0.3 is 4.74 Å². The Labute approximate surface area is 74.2 Å². The standard InChI is InChI=1S/C8H7NO2S/c1-2-11-8(10)7-3-6(4-9)5-12-7/h3,5H,2H2,1H3. The second-order valence-electron chi connectivity index (χ2n) is 2.03. The summed E-state index contributed by atoms with van der Waals surface area (Å²) >= 11 is 1.23. The van der Waals surface area contributed by atoms with E-state index < -0.39 is 0 Å². The molecule has 0 aliphatic heterocycles. The highest BCUT2D eigenvalue weighted by atomic mass is 32.1. The molecular formula is C8H7NO2S. The minimum absolute atomic E-state index is 0.357. The summed E-state index contributed by atoms with van der Waals surface area (Å²) in [6.07, 6.45) is 0. The van der Waals surface area contributed by atoms with Crippen LogP contribution in [0.15, 0.2) is 11.4 Å². The number of ether oxygens (including phenoxy) is 1. The zero-order valence-electron chi connectivity index (χ0n) is 6.53. The van der Waals surface area contributed by atoms with E-state index in [4.69, 9.17) is 10.00 Å². The van der Waals surface area contributed by atoms with Gasteiger partial charge in [-0.05, 0) is 13.0 Å². The Bertz CT molecular complexity index is 324. The van der Waals surface area contributed by atoms with Gasteiger partial charge in [0.05, 0.1) is 12.2 Å². The third-order valence-corrected chi connectivity index (χ3v) is 2.12. The fraction of sp³-hybridized carbons (Fsp3) is 0.250. The Kier molecular flexibility index (Phi) is 2.83. The molecule has 0 aliphatic carbocycles. The average molecular weight is 181 g/mol. The van der Waals surface area contributed by atoms with Crippen LogP contribution >= 0.6 is 11.3 Å². The topological polar surface area (TPSA) is 50.1 Å². The summed E-state index contributed by atoms with van der Waals surface area (Å²) in [4.78, 5) is 11.5. The lowest BCUT2D eigenvalue weighted by molar-refractivity contribution is 0.0532. The summed E-state index contributed by atoms with van der Waals surface area (Å²) in [5, 5.41) is 10.1. The van der Waals surface area contributed by atoms with Crippen molar-refractivity contribution < 1.29 is 9.53 Å². The number of carbonyl (C=O) groups excluding carboxylic acids is 1. The van der Waals surface area contributed by atoms with Crippen LogP contribution in [0.2, 0.25) is 0 Å². The molecule has 0 atom stereocenters. The number of carbonyl (C=O) groups is 1. The first-order chi connectivity index (χ1) is 5.77. The van der Waals surface area contributed by atoms with Gasteiger partial charge in [-0.3, -0.25) is 0 Å². The van der Waals surface area contributed by atoms with Crippen molar-refractivity contribution in [3.63, 3.8) is 0 Å². The lowest BCUT2D eigenvalue weighted by atomic mass is 10.3. The van der Waals surface area contributed by atoms with Gasteiger partial charge in [-0.15, -0.1) is 11.3 Å². The molecule has 0 spiro atoms. The summed E-state index contributed by atoms with van der Waals surface area (Å²) in [5.74, 6) is -0.357. The SMILES string of the molecule is CCOC(=O)c1cc(C#N)cs1. The Morgan fingerprint density at radius 1 is 1.83 bits per heavy atom. The Morgan fingerprint density at radius 3 is 3.08 bits per heavy atom. The van der Waals surface area contributed by atoms with E-state index in [1.807, 2.05) is 6.07 Å². The number of hydrogen-bond acceptors (Lipinski definition) is 4. The van der Waals surface area contributed by atoms with Gasteiger partial charge in [0.15, 0.2) is 0 Å². The molecule has 1 aromatic rings. The van der Waals surface area contributed by atoms with Crippen LogP contribution in [-0.2, 0) is 4.74 Å². The van der Waals surface area contributed by atoms with Crippen molar-refractivity contribution in [1.82, 2.24) is 0 Å². The van der Waals surface area contributed by atoms with Crippen LogP contribution in [0.3, 0.4) is 0 Å². The summed E-state index contributed by atoms with van der Waals surface area (Å²) in [7, 11) is 0. The van der Waals surface area contributed by atoms with Crippen LogP contribution in [0.5, 0.6) is 0 Å². The molecule has 0 bridgehead atoms. The number of hydrogen-bond donors (Lipinski definition) is 0. The molecule has 3 nitrogen and oxygen atoms in total. The molecular weight excluding hydrogens is 174 g/mol. The van der Waals surface area contributed by atoms with Crippen LogP contribution in [0.25, 0.3) is 0 Å². The highest BCUT2D eigenvalue weighted by Crippen LogP contribution is 2.14. The number of esters is 1. The van der Waals surface area contributed by atoms with Crippen LogP contribution in [0.4, 0.5) is 0 Å². The third kappa shape index (κ3) is 1.83. The fourth-order valence-electron chi connectivity index (χ4n) is 0.704. The molecule has 0 amide bonds.